The van der Waals surface area contributed by atoms with Gasteiger partial charge in [0.25, 0.3) is 0 Å². The normalized spacial score (nSPS) is 16.0. The molecular formula is C19H21NO5S. The molecule has 1 atom stereocenters. The van der Waals surface area contributed by atoms with Crippen LogP contribution >= 0.6 is 0 Å². The Morgan fingerprint density at radius 1 is 1.27 bits per heavy atom. The molecule has 2 aromatic rings. The number of primary sulfonamides is 1. The Bertz CT molecular complexity index is 937. The molecule has 6 nitrogen and oxygen atoms in total. The average molecular weight is 375 g/mol. The summed E-state index contributed by atoms with van der Waals surface area (Å²) in [5, 5.41) is 14.1. The highest BCUT2D eigenvalue weighted by molar-refractivity contribution is 7.88. The van der Waals surface area contributed by atoms with Crippen LogP contribution in [0.15, 0.2) is 48.6 Å². The highest BCUT2D eigenvalue weighted by Gasteiger charge is 2.28. The average Bonchev–Trinajstić information content (AvgIpc) is 2.60. The summed E-state index contributed by atoms with van der Waals surface area (Å²) in [5.74, 6) is 1.16. The van der Waals surface area contributed by atoms with E-state index in [1.54, 1.807) is 19.3 Å². The van der Waals surface area contributed by atoms with E-state index in [9.17, 15) is 8.42 Å². The van der Waals surface area contributed by atoms with Crippen molar-refractivity contribution in [1.29, 1.82) is 0 Å². The molecule has 138 valence electrons. The summed E-state index contributed by atoms with van der Waals surface area (Å²) in [7, 11) is -2.03. The number of fused-ring (bicyclic) bond motifs is 3. The third kappa shape index (κ3) is 3.90. The summed E-state index contributed by atoms with van der Waals surface area (Å²) in [5.41, 5.74) is 3.24. The maximum absolute atomic E-state index is 11.4. The molecule has 0 radical (unpaired) electrons. The number of hydrogen-bond donors (Lipinski definition) is 2. The van der Waals surface area contributed by atoms with E-state index < -0.39 is 10.0 Å². The van der Waals surface area contributed by atoms with Crippen molar-refractivity contribution in [2.45, 2.75) is 18.3 Å². The zero-order valence-electron chi connectivity index (χ0n) is 14.4. The molecule has 1 unspecified atom stereocenters. The van der Waals surface area contributed by atoms with E-state index in [1.807, 2.05) is 36.4 Å². The Balaban J connectivity index is 2.11. The molecule has 1 aliphatic heterocycles. The topological polar surface area (TPSA) is 98.9 Å². The van der Waals surface area contributed by atoms with E-state index in [-0.39, 0.29) is 18.5 Å². The van der Waals surface area contributed by atoms with Crippen LogP contribution in [-0.2, 0) is 15.8 Å². The third-order valence-electron chi connectivity index (χ3n) is 4.20. The second-order valence-corrected chi connectivity index (χ2v) is 7.67. The van der Waals surface area contributed by atoms with Crippen molar-refractivity contribution in [3.63, 3.8) is 0 Å². The zero-order valence-corrected chi connectivity index (χ0v) is 15.2. The van der Waals surface area contributed by atoms with Gasteiger partial charge in [-0.1, -0.05) is 36.4 Å². The predicted molar refractivity (Wildman–Crippen MR) is 99.5 cm³/mol. The molecule has 0 amide bonds. The van der Waals surface area contributed by atoms with Gasteiger partial charge in [0.05, 0.1) is 25.0 Å². The number of methoxy groups -OCH3 is 1. The first-order valence-electron chi connectivity index (χ1n) is 8.16. The molecule has 0 fully saturated rings. The lowest BCUT2D eigenvalue weighted by Gasteiger charge is -2.29. The van der Waals surface area contributed by atoms with Crippen LogP contribution in [0.1, 0.15) is 23.7 Å². The van der Waals surface area contributed by atoms with Crippen LogP contribution in [0.2, 0.25) is 0 Å². The number of rotatable bonds is 6. The van der Waals surface area contributed by atoms with E-state index in [1.165, 1.54) is 0 Å². The van der Waals surface area contributed by atoms with Crippen LogP contribution in [0.3, 0.4) is 0 Å². The maximum Gasteiger partial charge on any atom is 0.213 e. The zero-order chi connectivity index (χ0) is 18.7. The molecule has 0 bridgehead atoms. The summed E-state index contributed by atoms with van der Waals surface area (Å²) in [4.78, 5) is 0. The quantitative estimate of drug-likeness (QED) is 0.756. The van der Waals surface area contributed by atoms with Gasteiger partial charge in [-0.05, 0) is 23.3 Å². The molecule has 3 rings (SSSR count). The molecule has 0 saturated heterocycles. The van der Waals surface area contributed by atoms with Crippen molar-refractivity contribution >= 4 is 10.0 Å². The monoisotopic (exact) mass is 375 g/mol. The summed E-state index contributed by atoms with van der Waals surface area (Å²) < 4.78 is 34.5. The van der Waals surface area contributed by atoms with E-state index in [0.29, 0.717) is 23.5 Å². The molecule has 3 N–H and O–H groups in total. The second-order valence-electron chi connectivity index (χ2n) is 6.06. The SMILES string of the molecule is COc1cccc2c1-c1ccc(CS(N)(=O)=O)cc1C(CC=CCO)O2. The van der Waals surface area contributed by atoms with Crippen molar-refractivity contribution in [3.05, 3.63) is 59.7 Å². The molecule has 0 saturated carbocycles. The number of aliphatic hydroxyl groups is 1. The van der Waals surface area contributed by atoms with Gasteiger partial charge in [0.15, 0.2) is 0 Å². The number of aliphatic hydroxyl groups excluding tert-OH is 1. The Morgan fingerprint density at radius 3 is 2.77 bits per heavy atom. The highest BCUT2D eigenvalue weighted by atomic mass is 32.2. The number of hydrogen-bond acceptors (Lipinski definition) is 5. The van der Waals surface area contributed by atoms with Gasteiger partial charge in [0, 0.05) is 12.0 Å². The fraction of sp³-hybridized carbons (Fsp3) is 0.263. The molecule has 7 heteroatoms. The number of sulfonamides is 1. The Labute approximate surface area is 152 Å². The highest BCUT2D eigenvalue weighted by Crippen LogP contribution is 2.48. The number of benzene rings is 2. The van der Waals surface area contributed by atoms with Gasteiger partial charge in [-0.2, -0.15) is 0 Å². The number of ether oxygens (including phenoxy) is 2. The first-order valence-corrected chi connectivity index (χ1v) is 9.87. The maximum atomic E-state index is 11.4. The van der Waals surface area contributed by atoms with Crippen molar-refractivity contribution in [3.8, 4) is 22.6 Å². The number of nitrogens with two attached hydrogens (primary N) is 1. The molecule has 1 heterocycles. The Morgan fingerprint density at radius 2 is 2.08 bits per heavy atom. The largest absolute Gasteiger partial charge is 0.496 e. The van der Waals surface area contributed by atoms with Gasteiger partial charge >= 0.3 is 0 Å². The van der Waals surface area contributed by atoms with Gasteiger partial charge in [-0.15, -0.1) is 0 Å². The lowest BCUT2D eigenvalue weighted by atomic mass is 9.89. The minimum Gasteiger partial charge on any atom is -0.496 e. The minimum atomic E-state index is -3.63. The third-order valence-corrected chi connectivity index (χ3v) is 4.94. The Kier molecular flexibility index (Phi) is 5.31. The molecule has 2 aromatic carbocycles. The van der Waals surface area contributed by atoms with Gasteiger partial charge in [-0.25, -0.2) is 13.6 Å². The summed E-state index contributed by atoms with van der Waals surface area (Å²) in [6.45, 7) is -0.0462. The summed E-state index contributed by atoms with van der Waals surface area (Å²) in [6.07, 6.45) is 3.74. The van der Waals surface area contributed by atoms with Crippen molar-refractivity contribution < 1.29 is 23.0 Å². The molecule has 0 aliphatic carbocycles. The van der Waals surface area contributed by atoms with Crippen molar-refractivity contribution in [2.24, 2.45) is 5.14 Å². The molecular weight excluding hydrogens is 354 g/mol. The summed E-state index contributed by atoms with van der Waals surface area (Å²) >= 11 is 0. The smallest absolute Gasteiger partial charge is 0.213 e. The van der Waals surface area contributed by atoms with Crippen LogP contribution in [-0.4, -0.2) is 27.2 Å². The van der Waals surface area contributed by atoms with E-state index in [2.05, 4.69) is 0 Å². The molecule has 0 aromatic heterocycles. The lowest BCUT2D eigenvalue weighted by molar-refractivity contribution is 0.204. The van der Waals surface area contributed by atoms with E-state index in [0.717, 1.165) is 16.7 Å². The minimum absolute atomic E-state index is 0.0462. The van der Waals surface area contributed by atoms with E-state index >= 15 is 0 Å². The second kappa shape index (κ2) is 7.49. The molecule has 26 heavy (non-hydrogen) atoms. The molecule has 1 aliphatic rings. The molecule has 0 spiro atoms. The van der Waals surface area contributed by atoms with Crippen LogP contribution in [0, 0.1) is 0 Å². The van der Waals surface area contributed by atoms with E-state index in [4.69, 9.17) is 19.7 Å². The van der Waals surface area contributed by atoms with Crippen LogP contribution in [0.4, 0.5) is 0 Å². The fourth-order valence-electron chi connectivity index (χ4n) is 3.16. The van der Waals surface area contributed by atoms with Gasteiger partial charge < -0.3 is 14.6 Å². The summed E-state index contributed by atoms with van der Waals surface area (Å²) in [6, 6.07) is 11.0. The predicted octanol–water partition coefficient (Wildman–Crippen LogP) is 2.52. The fourth-order valence-corrected chi connectivity index (χ4v) is 3.80. The van der Waals surface area contributed by atoms with Gasteiger partial charge in [0.2, 0.25) is 10.0 Å². The van der Waals surface area contributed by atoms with Crippen LogP contribution < -0.4 is 14.6 Å². The van der Waals surface area contributed by atoms with Gasteiger partial charge in [-0.3, -0.25) is 0 Å². The Hall–Kier alpha value is -2.35. The van der Waals surface area contributed by atoms with Crippen LogP contribution in [0.25, 0.3) is 11.1 Å². The van der Waals surface area contributed by atoms with Crippen LogP contribution in [0.5, 0.6) is 11.5 Å². The van der Waals surface area contributed by atoms with Crippen molar-refractivity contribution in [1.82, 2.24) is 0 Å². The first kappa shape index (κ1) is 18.4. The first-order chi connectivity index (χ1) is 12.4. The lowest BCUT2D eigenvalue weighted by Crippen LogP contribution is -2.17. The van der Waals surface area contributed by atoms with Gasteiger partial charge in [0.1, 0.15) is 17.6 Å². The standard InChI is InChI=1S/C19H21NO5S/c1-24-17-6-4-7-18-19(17)14-9-8-13(12-26(20,22)23)11-15(14)16(25-18)5-2-3-10-21/h2-4,6-9,11,16,21H,5,10,12H2,1H3,(H2,20,22,23). The van der Waals surface area contributed by atoms with Crippen molar-refractivity contribution in [2.75, 3.05) is 13.7 Å².